The van der Waals surface area contributed by atoms with Crippen molar-refractivity contribution in [3.8, 4) is 5.75 Å². The lowest BCUT2D eigenvalue weighted by Crippen LogP contribution is -2.29. The normalized spacial score (nSPS) is 13.5. The minimum Gasteiger partial charge on any atom is -0.489 e. The van der Waals surface area contributed by atoms with Crippen LogP contribution in [0.15, 0.2) is 48.5 Å². The number of aliphatic hydroxyl groups is 1. The predicted octanol–water partition coefficient (Wildman–Crippen LogP) is 3.48. The molecule has 3 heteroatoms. The molecule has 3 nitrogen and oxygen atoms in total. The van der Waals surface area contributed by atoms with E-state index < -0.39 is 5.60 Å². The smallest absolute Gasteiger partial charge is 0.163 e. The number of Topliss-reactive ketones (excluding diaryl/α,β-unsaturated/α-hetero) is 1. The van der Waals surface area contributed by atoms with Crippen LogP contribution in [0.2, 0.25) is 0 Å². The molecule has 0 saturated carbocycles. The third-order valence-electron chi connectivity index (χ3n) is 3.42. The number of hydrogen-bond acceptors (Lipinski definition) is 3. The van der Waals surface area contributed by atoms with Crippen LogP contribution in [0.1, 0.15) is 35.3 Å². The van der Waals surface area contributed by atoms with Gasteiger partial charge in [-0.25, -0.2) is 0 Å². The average molecular weight is 284 g/mol. The van der Waals surface area contributed by atoms with E-state index in [1.165, 1.54) is 6.92 Å². The molecular weight excluding hydrogens is 264 g/mol. The van der Waals surface area contributed by atoms with Crippen molar-refractivity contribution in [3.63, 3.8) is 0 Å². The Morgan fingerprint density at radius 2 is 1.86 bits per heavy atom. The first-order chi connectivity index (χ1) is 9.90. The Labute approximate surface area is 125 Å². The predicted molar refractivity (Wildman–Crippen MR) is 82.7 cm³/mol. The molecule has 21 heavy (non-hydrogen) atoms. The second-order valence-electron chi connectivity index (χ2n) is 5.48. The Hall–Kier alpha value is -2.13. The quantitative estimate of drug-likeness (QED) is 0.855. The molecule has 0 spiro atoms. The number of hydrogen-bond donors (Lipinski definition) is 1. The van der Waals surface area contributed by atoms with Crippen molar-refractivity contribution in [1.29, 1.82) is 0 Å². The molecule has 0 aliphatic rings. The average Bonchev–Trinajstić information content (AvgIpc) is 2.46. The molecule has 2 rings (SSSR count). The zero-order valence-corrected chi connectivity index (χ0v) is 12.6. The highest BCUT2D eigenvalue weighted by atomic mass is 16.5. The minimum atomic E-state index is -1.11. The summed E-state index contributed by atoms with van der Waals surface area (Å²) in [5.41, 5.74) is 1.21. The van der Waals surface area contributed by atoms with Gasteiger partial charge in [0, 0.05) is 0 Å². The lowest BCUT2D eigenvalue weighted by atomic mass is 9.97. The number of ether oxygens (including phenoxy) is 1. The maximum Gasteiger partial charge on any atom is 0.163 e. The van der Waals surface area contributed by atoms with Crippen LogP contribution in [0.5, 0.6) is 5.75 Å². The van der Waals surface area contributed by atoms with Crippen molar-refractivity contribution in [2.45, 2.75) is 26.4 Å². The van der Waals surface area contributed by atoms with Gasteiger partial charge >= 0.3 is 0 Å². The van der Waals surface area contributed by atoms with E-state index in [1.807, 2.05) is 49.4 Å². The summed E-state index contributed by atoms with van der Waals surface area (Å²) in [6.07, 6.45) is 0. The fourth-order valence-electron chi connectivity index (χ4n) is 2.14. The highest BCUT2D eigenvalue weighted by Crippen LogP contribution is 2.25. The second-order valence-corrected chi connectivity index (χ2v) is 5.48. The third-order valence-corrected chi connectivity index (χ3v) is 3.42. The Morgan fingerprint density at radius 1 is 1.19 bits per heavy atom. The summed E-state index contributed by atoms with van der Waals surface area (Å²) in [6, 6.07) is 14.8. The van der Waals surface area contributed by atoms with Crippen LogP contribution in [0.25, 0.3) is 0 Å². The Kier molecular flexibility index (Phi) is 4.43. The largest absolute Gasteiger partial charge is 0.489 e. The van der Waals surface area contributed by atoms with E-state index in [1.54, 1.807) is 13.0 Å². The number of rotatable bonds is 5. The molecule has 2 aromatic carbocycles. The van der Waals surface area contributed by atoms with Crippen molar-refractivity contribution >= 4 is 5.78 Å². The number of ketones is 1. The van der Waals surface area contributed by atoms with Crippen molar-refractivity contribution in [1.82, 2.24) is 0 Å². The second kappa shape index (κ2) is 6.10. The Balaban J connectivity index is 2.20. The van der Waals surface area contributed by atoms with Crippen LogP contribution in [0, 0.1) is 6.92 Å². The van der Waals surface area contributed by atoms with E-state index >= 15 is 0 Å². The molecular formula is C18H20O3. The molecule has 2 aromatic rings. The monoisotopic (exact) mass is 284 g/mol. The lowest BCUT2D eigenvalue weighted by Gasteiger charge is -2.24. The number of carbonyl (C=O) groups is 1. The Bertz CT molecular complexity index is 630. The fraction of sp³-hybridized carbons (Fsp3) is 0.278. The molecule has 0 amide bonds. The van der Waals surface area contributed by atoms with E-state index in [-0.39, 0.29) is 12.4 Å². The van der Waals surface area contributed by atoms with Gasteiger partial charge in [-0.1, -0.05) is 36.4 Å². The fourth-order valence-corrected chi connectivity index (χ4v) is 2.14. The zero-order valence-electron chi connectivity index (χ0n) is 12.6. The molecule has 0 radical (unpaired) electrons. The highest BCUT2D eigenvalue weighted by Gasteiger charge is 2.24. The molecule has 0 bridgehead atoms. The van der Waals surface area contributed by atoms with Crippen molar-refractivity contribution in [2.75, 3.05) is 6.61 Å². The molecule has 0 aliphatic heterocycles. The van der Waals surface area contributed by atoms with Gasteiger partial charge in [-0.05, 0) is 44.0 Å². The summed E-state index contributed by atoms with van der Waals surface area (Å²) in [4.78, 5) is 11.6. The van der Waals surface area contributed by atoms with Gasteiger partial charge in [0.05, 0.1) is 5.56 Å². The van der Waals surface area contributed by atoms with Gasteiger partial charge in [0.15, 0.2) is 5.78 Å². The number of aryl methyl sites for hydroxylation is 1. The first kappa shape index (κ1) is 15.3. The molecule has 0 aromatic heterocycles. The summed E-state index contributed by atoms with van der Waals surface area (Å²) in [6.45, 7) is 5.23. The first-order valence-corrected chi connectivity index (χ1v) is 6.92. The van der Waals surface area contributed by atoms with Crippen LogP contribution in [-0.2, 0) is 5.60 Å². The van der Waals surface area contributed by atoms with Gasteiger partial charge in [0.25, 0.3) is 0 Å². The highest BCUT2D eigenvalue weighted by molar-refractivity contribution is 5.96. The SMILES string of the molecule is CC(=O)c1ccc(C)cc1OCC(C)(O)c1ccccc1. The van der Waals surface area contributed by atoms with E-state index in [2.05, 4.69) is 0 Å². The van der Waals surface area contributed by atoms with Crippen molar-refractivity contribution < 1.29 is 14.6 Å². The molecule has 0 saturated heterocycles. The molecule has 0 heterocycles. The van der Waals surface area contributed by atoms with Crippen molar-refractivity contribution in [2.24, 2.45) is 0 Å². The molecule has 1 atom stereocenters. The standard InChI is InChI=1S/C18H20O3/c1-13-9-10-16(14(2)19)17(11-13)21-12-18(3,20)15-7-5-4-6-8-15/h4-11,20H,12H2,1-3H3. The molecule has 1 unspecified atom stereocenters. The summed E-state index contributed by atoms with van der Waals surface area (Å²) in [7, 11) is 0. The summed E-state index contributed by atoms with van der Waals surface area (Å²) >= 11 is 0. The van der Waals surface area contributed by atoms with Gasteiger partial charge < -0.3 is 9.84 Å². The number of carbonyl (C=O) groups excluding carboxylic acids is 1. The van der Waals surface area contributed by atoms with Crippen LogP contribution >= 0.6 is 0 Å². The topological polar surface area (TPSA) is 46.5 Å². The third kappa shape index (κ3) is 3.70. The van der Waals surface area contributed by atoms with E-state index in [9.17, 15) is 9.90 Å². The summed E-state index contributed by atoms with van der Waals surface area (Å²) in [5, 5.41) is 10.5. The molecule has 0 aliphatic carbocycles. The first-order valence-electron chi connectivity index (χ1n) is 6.92. The van der Waals surface area contributed by atoms with E-state index in [0.29, 0.717) is 11.3 Å². The maximum atomic E-state index is 11.6. The number of benzene rings is 2. The molecule has 1 N–H and O–H groups in total. The lowest BCUT2D eigenvalue weighted by molar-refractivity contribution is 0.00730. The van der Waals surface area contributed by atoms with Crippen LogP contribution in [0.3, 0.4) is 0 Å². The van der Waals surface area contributed by atoms with Gasteiger partial charge in [-0.2, -0.15) is 0 Å². The van der Waals surface area contributed by atoms with Gasteiger partial charge in [-0.3, -0.25) is 4.79 Å². The Morgan fingerprint density at radius 3 is 2.48 bits per heavy atom. The van der Waals surface area contributed by atoms with Gasteiger partial charge in [0.2, 0.25) is 0 Å². The van der Waals surface area contributed by atoms with Crippen LogP contribution in [0.4, 0.5) is 0 Å². The van der Waals surface area contributed by atoms with E-state index in [0.717, 1.165) is 11.1 Å². The summed E-state index contributed by atoms with van der Waals surface area (Å²) < 4.78 is 5.73. The van der Waals surface area contributed by atoms with Crippen LogP contribution in [-0.4, -0.2) is 17.5 Å². The van der Waals surface area contributed by atoms with Crippen LogP contribution < -0.4 is 4.74 Å². The van der Waals surface area contributed by atoms with Gasteiger partial charge in [0.1, 0.15) is 18.0 Å². The molecule has 0 fully saturated rings. The molecule has 110 valence electrons. The van der Waals surface area contributed by atoms with Gasteiger partial charge in [-0.15, -0.1) is 0 Å². The minimum absolute atomic E-state index is 0.0515. The zero-order chi connectivity index (χ0) is 15.5. The maximum absolute atomic E-state index is 11.6. The van der Waals surface area contributed by atoms with Crippen molar-refractivity contribution in [3.05, 3.63) is 65.2 Å². The van der Waals surface area contributed by atoms with E-state index in [4.69, 9.17) is 4.74 Å². The summed E-state index contributed by atoms with van der Waals surface area (Å²) in [5.74, 6) is 0.461.